The minimum absolute atomic E-state index is 0.0426. The molecule has 0 spiro atoms. The standard InChI is InChI=1S/C22H27N3O4S/c1-15-5-4-6-20(16(15)2)25-13-19(11-21(25)26)22(27)24-12-17-7-9-18(10-8-17)14-30(28,29)23-3/h4-10,19,23H,11-14H2,1-3H3,(H,24,27). The Morgan fingerprint density at radius 2 is 1.77 bits per heavy atom. The fraction of sp³-hybridized carbons (Fsp3) is 0.364. The number of carbonyl (C=O) groups excluding carboxylic acids is 2. The van der Waals surface area contributed by atoms with Crippen LogP contribution in [0.3, 0.4) is 0 Å². The van der Waals surface area contributed by atoms with Crippen LogP contribution in [0, 0.1) is 19.8 Å². The van der Waals surface area contributed by atoms with Crippen molar-refractivity contribution in [2.24, 2.45) is 5.92 Å². The molecule has 1 heterocycles. The van der Waals surface area contributed by atoms with Crippen molar-refractivity contribution in [1.29, 1.82) is 0 Å². The summed E-state index contributed by atoms with van der Waals surface area (Å²) in [5.74, 6) is -0.677. The van der Waals surface area contributed by atoms with E-state index < -0.39 is 15.9 Å². The minimum Gasteiger partial charge on any atom is -0.352 e. The maximum absolute atomic E-state index is 12.6. The van der Waals surface area contributed by atoms with Gasteiger partial charge in [0.2, 0.25) is 21.8 Å². The van der Waals surface area contributed by atoms with Gasteiger partial charge in [-0.25, -0.2) is 13.1 Å². The van der Waals surface area contributed by atoms with E-state index in [0.29, 0.717) is 18.7 Å². The number of sulfonamides is 1. The molecule has 0 radical (unpaired) electrons. The van der Waals surface area contributed by atoms with E-state index in [1.807, 2.05) is 32.0 Å². The summed E-state index contributed by atoms with van der Waals surface area (Å²) in [5, 5.41) is 2.89. The fourth-order valence-electron chi connectivity index (χ4n) is 3.52. The summed E-state index contributed by atoms with van der Waals surface area (Å²) in [7, 11) is -1.93. The summed E-state index contributed by atoms with van der Waals surface area (Å²) in [4.78, 5) is 26.8. The van der Waals surface area contributed by atoms with Gasteiger partial charge in [-0.2, -0.15) is 0 Å². The number of nitrogens with zero attached hydrogens (tertiary/aromatic N) is 1. The Morgan fingerprint density at radius 3 is 2.43 bits per heavy atom. The van der Waals surface area contributed by atoms with Crippen LogP contribution >= 0.6 is 0 Å². The normalized spacial score (nSPS) is 16.7. The molecule has 2 amide bonds. The van der Waals surface area contributed by atoms with Gasteiger partial charge in [-0.15, -0.1) is 0 Å². The topological polar surface area (TPSA) is 95.6 Å². The third kappa shape index (κ3) is 5.06. The predicted molar refractivity (Wildman–Crippen MR) is 116 cm³/mol. The smallest absolute Gasteiger partial charge is 0.227 e. The Morgan fingerprint density at radius 1 is 1.10 bits per heavy atom. The van der Waals surface area contributed by atoms with E-state index in [9.17, 15) is 18.0 Å². The lowest BCUT2D eigenvalue weighted by molar-refractivity contribution is -0.126. The SMILES string of the molecule is CNS(=O)(=O)Cc1ccc(CNC(=O)C2CC(=O)N(c3cccc(C)c3C)C2)cc1. The highest BCUT2D eigenvalue weighted by atomic mass is 32.2. The van der Waals surface area contributed by atoms with Crippen LogP contribution in [0.4, 0.5) is 5.69 Å². The number of amides is 2. The lowest BCUT2D eigenvalue weighted by atomic mass is 10.1. The van der Waals surface area contributed by atoms with E-state index >= 15 is 0 Å². The molecule has 0 aliphatic carbocycles. The Bertz CT molecular complexity index is 1050. The van der Waals surface area contributed by atoms with Crippen molar-refractivity contribution in [3.63, 3.8) is 0 Å². The maximum Gasteiger partial charge on any atom is 0.227 e. The third-order valence-corrected chi connectivity index (χ3v) is 6.86. The molecule has 2 aromatic rings. The molecule has 3 rings (SSSR count). The van der Waals surface area contributed by atoms with Crippen molar-refractivity contribution in [3.05, 3.63) is 64.7 Å². The molecule has 2 N–H and O–H groups in total. The van der Waals surface area contributed by atoms with Crippen LogP contribution in [-0.4, -0.2) is 33.8 Å². The molecular weight excluding hydrogens is 402 g/mol. The molecule has 0 saturated carbocycles. The first-order valence-electron chi connectivity index (χ1n) is 9.83. The number of hydrogen-bond donors (Lipinski definition) is 2. The summed E-state index contributed by atoms with van der Waals surface area (Å²) < 4.78 is 25.5. The number of nitrogens with one attached hydrogen (secondary N) is 2. The molecule has 1 unspecified atom stereocenters. The van der Waals surface area contributed by atoms with Crippen molar-refractivity contribution in [1.82, 2.24) is 10.0 Å². The minimum atomic E-state index is -3.32. The molecule has 1 fully saturated rings. The first-order valence-corrected chi connectivity index (χ1v) is 11.5. The van der Waals surface area contributed by atoms with Crippen molar-refractivity contribution in [3.8, 4) is 0 Å². The summed E-state index contributed by atoms with van der Waals surface area (Å²) in [5.41, 5.74) is 4.56. The Balaban J connectivity index is 1.58. The van der Waals surface area contributed by atoms with Crippen LogP contribution in [0.2, 0.25) is 0 Å². The van der Waals surface area contributed by atoms with Gasteiger partial charge in [0, 0.05) is 25.2 Å². The Hall–Kier alpha value is -2.71. The maximum atomic E-state index is 12.6. The molecule has 1 saturated heterocycles. The van der Waals surface area contributed by atoms with Gasteiger partial charge in [0.1, 0.15) is 0 Å². The lowest BCUT2D eigenvalue weighted by Gasteiger charge is -2.20. The first-order chi connectivity index (χ1) is 14.2. The highest BCUT2D eigenvalue weighted by Crippen LogP contribution is 2.29. The van der Waals surface area contributed by atoms with Crippen LogP contribution < -0.4 is 14.9 Å². The van der Waals surface area contributed by atoms with Crippen molar-refractivity contribution >= 4 is 27.5 Å². The second-order valence-electron chi connectivity index (χ2n) is 7.62. The largest absolute Gasteiger partial charge is 0.352 e. The van der Waals surface area contributed by atoms with Gasteiger partial charge in [0.15, 0.2) is 0 Å². The summed E-state index contributed by atoms with van der Waals surface area (Å²) in [6, 6.07) is 12.9. The predicted octanol–water partition coefficient (Wildman–Crippen LogP) is 2.02. The highest BCUT2D eigenvalue weighted by Gasteiger charge is 2.35. The van der Waals surface area contributed by atoms with Gasteiger partial charge in [0.25, 0.3) is 0 Å². The van der Waals surface area contributed by atoms with Crippen LogP contribution in [0.5, 0.6) is 0 Å². The second-order valence-corrected chi connectivity index (χ2v) is 9.55. The average Bonchev–Trinajstić information content (AvgIpc) is 3.10. The zero-order valence-electron chi connectivity index (χ0n) is 17.4. The van der Waals surface area contributed by atoms with Crippen LogP contribution in [0.1, 0.15) is 28.7 Å². The molecule has 160 valence electrons. The molecule has 30 heavy (non-hydrogen) atoms. The van der Waals surface area contributed by atoms with Gasteiger partial charge in [-0.05, 0) is 49.2 Å². The van der Waals surface area contributed by atoms with Gasteiger partial charge in [-0.3, -0.25) is 9.59 Å². The Labute approximate surface area is 177 Å². The molecule has 0 aromatic heterocycles. The zero-order chi connectivity index (χ0) is 21.9. The number of anilines is 1. The number of aryl methyl sites for hydroxylation is 1. The summed E-state index contributed by atoms with van der Waals surface area (Å²) in [6.45, 7) is 4.68. The molecular formula is C22H27N3O4S. The second kappa shape index (κ2) is 8.97. The summed E-state index contributed by atoms with van der Waals surface area (Å²) >= 11 is 0. The van der Waals surface area contributed by atoms with Crippen molar-refractivity contribution in [2.75, 3.05) is 18.5 Å². The van der Waals surface area contributed by atoms with E-state index in [1.165, 1.54) is 7.05 Å². The van der Waals surface area contributed by atoms with Gasteiger partial charge < -0.3 is 10.2 Å². The van der Waals surface area contributed by atoms with Gasteiger partial charge in [0.05, 0.1) is 11.7 Å². The fourth-order valence-corrected chi connectivity index (χ4v) is 4.30. The highest BCUT2D eigenvalue weighted by molar-refractivity contribution is 7.88. The molecule has 2 aromatic carbocycles. The van der Waals surface area contributed by atoms with E-state index in [4.69, 9.17) is 0 Å². The lowest BCUT2D eigenvalue weighted by Crippen LogP contribution is -2.32. The van der Waals surface area contributed by atoms with Gasteiger partial charge >= 0.3 is 0 Å². The third-order valence-electron chi connectivity index (χ3n) is 5.52. The number of carbonyl (C=O) groups is 2. The quantitative estimate of drug-likeness (QED) is 0.704. The molecule has 1 aliphatic heterocycles. The van der Waals surface area contributed by atoms with Crippen molar-refractivity contribution in [2.45, 2.75) is 32.6 Å². The van der Waals surface area contributed by atoms with E-state index in [1.54, 1.807) is 29.2 Å². The Kier molecular flexibility index (Phi) is 6.58. The number of rotatable bonds is 7. The van der Waals surface area contributed by atoms with Crippen LogP contribution in [0.15, 0.2) is 42.5 Å². The van der Waals surface area contributed by atoms with E-state index in [0.717, 1.165) is 22.4 Å². The zero-order valence-corrected chi connectivity index (χ0v) is 18.3. The first kappa shape index (κ1) is 22.0. The monoisotopic (exact) mass is 429 g/mol. The van der Waals surface area contributed by atoms with E-state index in [-0.39, 0.29) is 24.0 Å². The molecule has 1 aliphatic rings. The molecule has 0 bridgehead atoms. The molecule has 1 atom stereocenters. The number of hydrogen-bond acceptors (Lipinski definition) is 4. The van der Waals surface area contributed by atoms with Gasteiger partial charge in [-0.1, -0.05) is 36.4 Å². The molecule has 8 heteroatoms. The van der Waals surface area contributed by atoms with Crippen LogP contribution in [0.25, 0.3) is 0 Å². The van der Waals surface area contributed by atoms with Crippen molar-refractivity contribution < 1.29 is 18.0 Å². The average molecular weight is 430 g/mol. The van der Waals surface area contributed by atoms with Crippen LogP contribution in [-0.2, 0) is 31.9 Å². The summed E-state index contributed by atoms with van der Waals surface area (Å²) in [6.07, 6.45) is 0.194. The van der Waals surface area contributed by atoms with E-state index in [2.05, 4.69) is 10.0 Å². The molecule has 7 nitrogen and oxygen atoms in total. The number of benzene rings is 2.